The molecule has 0 atom stereocenters. The molecule has 1 aromatic heterocycles. The zero-order chi connectivity index (χ0) is 14.9. The van der Waals surface area contributed by atoms with E-state index in [1.807, 2.05) is 0 Å². The minimum absolute atomic E-state index is 0.318. The van der Waals surface area contributed by atoms with Gasteiger partial charge in [-0.25, -0.2) is 19.4 Å². The van der Waals surface area contributed by atoms with Gasteiger partial charge in [0, 0.05) is 14.2 Å². The van der Waals surface area contributed by atoms with Crippen LogP contribution in [0.5, 0.6) is 0 Å². The number of carbonyl (C=O) groups excluding carboxylic acids is 2. The van der Waals surface area contributed by atoms with Gasteiger partial charge in [0.05, 0.1) is 11.1 Å². The molecule has 1 heterocycles. The van der Waals surface area contributed by atoms with Crippen molar-refractivity contribution in [2.45, 2.75) is 0 Å². The van der Waals surface area contributed by atoms with Crippen LogP contribution in [0.15, 0.2) is 74.9 Å². The van der Waals surface area contributed by atoms with E-state index in [0.29, 0.717) is 11.1 Å². The highest BCUT2D eigenvalue weighted by molar-refractivity contribution is 5.92. The van der Waals surface area contributed by atoms with Crippen molar-refractivity contribution >= 4 is 11.9 Å². The fraction of sp³-hybridized carbons (Fsp3) is 0. The average molecular weight is 290 g/mol. The molecular formula is C14H10O7. The molecule has 0 spiro atoms. The first-order chi connectivity index (χ1) is 10.3. The van der Waals surface area contributed by atoms with Crippen molar-refractivity contribution < 1.29 is 33.6 Å². The van der Waals surface area contributed by atoms with Gasteiger partial charge in [-0.05, 0) is 24.3 Å². The molecule has 108 valence electrons. The summed E-state index contributed by atoms with van der Waals surface area (Å²) < 4.78 is 10.5. The zero-order valence-electron chi connectivity index (χ0n) is 10.6. The maximum absolute atomic E-state index is 11.5. The van der Waals surface area contributed by atoms with E-state index in [4.69, 9.17) is 0 Å². The topological polar surface area (TPSA) is 92.0 Å². The molecule has 21 heavy (non-hydrogen) atoms. The van der Waals surface area contributed by atoms with Crippen LogP contribution < -0.4 is 0 Å². The summed E-state index contributed by atoms with van der Waals surface area (Å²) in [5.74, 6) is -1.42. The van der Waals surface area contributed by atoms with Crippen LogP contribution in [0.2, 0.25) is 0 Å². The molecule has 0 amide bonds. The highest BCUT2D eigenvalue weighted by Gasteiger charge is 2.12. The highest BCUT2D eigenvalue weighted by atomic mass is 17.6. The van der Waals surface area contributed by atoms with Crippen LogP contribution in [0, 0.1) is 0 Å². The van der Waals surface area contributed by atoms with Crippen molar-refractivity contribution in [2.75, 3.05) is 0 Å². The lowest BCUT2D eigenvalue weighted by molar-refractivity contribution is -0.187. The lowest BCUT2D eigenvalue weighted by Crippen LogP contribution is -2.11. The number of carbonyl (C=O) groups is 2. The van der Waals surface area contributed by atoms with Crippen LogP contribution in [-0.2, 0) is 9.78 Å². The molecule has 0 aliphatic heterocycles. The van der Waals surface area contributed by atoms with Crippen LogP contribution in [0.25, 0.3) is 0 Å². The summed E-state index contributed by atoms with van der Waals surface area (Å²) in [4.78, 5) is 31.9. The largest absolute Gasteiger partial charge is 0.386 e. The van der Waals surface area contributed by atoms with Gasteiger partial charge in [-0.3, -0.25) is 0 Å². The molecule has 3 aromatic rings. The van der Waals surface area contributed by atoms with E-state index in [1.165, 1.54) is 0 Å². The maximum atomic E-state index is 11.5. The van der Waals surface area contributed by atoms with Crippen molar-refractivity contribution in [3.8, 4) is 0 Å². The molecule has 7 heteroatoms. The number of hydrogen-bond acceptors (Lipinski definition) is 7. The first-order valence-electron chi connectivity index (χ1n) is 5.80. The van der Waals surface area contributed by atoms with Gasteiger partial charge in [0.2, 0.25) is 0 Å². The molecule has 0 N–H and O–H groups in total. The second-order valence-corrected chi connectivity index (χ2v) is 3.68. The minimum atomic E-state index is -0.708. The molecule has 0 aliphatic carbocycles. The Bertz CT molecular complexity index is 583. The van der Waals surface area contributed by atoms with Gasteiger partial charge in [0.25, 0.3) is 0 Å². The van der Waals surface area contributed by atoms with Crippen molar-refractivity contribution in [1.82, 2.24) is 0 Å². The third kappa shape index (κ3) is 5.11. The van der Waals surface area contributed by atoms with E-state index >= 15 is 0 Å². The van der Waals surface area contributed by atoms with E-state index < -0.39 is 11.9 Å². The SMILES string of the molecule is O=C(OOC(=O)c1ccccc1)c1ccccc1.o1oo1. The summed E-state index contributed by atoms with van der Waals surface area (Å²) in [6.45, 7) is 0. The summed E-state index contributed by atoms with van der Waals surface area (Å²) in [6.07, 6.45) is 0. The lowest BCUT2D eigenvalue weighted by Gasteiger charge is -2.02. The Kier molecular flexibility index (Phi) is 4.99. The summed E-state index contributed by atoms with van der Waals surface area (Å²) in [7, 11) is 0. The van der Waals surface area contributed by atoms with Gasteiger partial charge in [-0.1, -0.05) is 36.4 Å². The van der Waals surface area contributed by atoms with Crippen molar-refractivity contribution in [1.29, 1.82) is 0 Å². The van der Waals surface area contributed by atoms with Crippen LogP contribution >= 0.6 is 0 Å². The molecule has 3 rings (SSSR count). The van der Waals surface area contributed by atoms with E-state index in [-0.39, 0.29) is 0 Å². The molecule has 2 aromatic carbocycles. The number of benzene rings is 2. The average Bonchev–Trinajstić information content (AvgIpc) is 3.43. The Balaban J connectivity index is 0.000000477. The van der Waals surface area contributed by atoms with Gasteiger partial charge in [-0.15, -0.1) is 0 Å². The van der Waals surface area contributed by atoms with Crippen molar-refractivity contribution in [3.05, 3.63) is 71.8 Å². The van der Waals surface area contributed by atoms with Crippen LogP contribution in [0.4, 0.5) is 0 Å². The Morgan fingerprint density at radius 2 is 0.952 bits per heavy atom. The van der Waals surface area contributed by atoms with Crippen molar-refractivity contribution in [2.24, 2.45) is 0 Å². The second-order valence-electron chi connectivity index (χ2n) is 3.68. The van der Waals surface area contributed by atoms with Crippen LogP contribution in [0.1, 0.15) is 20.7 Å². The fourth-order valence-corrected chi connectivity index (χ4v) is 1.32. The van der Waals surface area contributed by atoms with E-state index in [0.717, 1.165) is 0 Å². The molecular weight excluding hydrogens is 280 g/mol. The standard InChI is InChI=1S/C14H10O4.O3/c15-13(11-7-3-1-4-8-11)17-18-14(16)12-9-5-2-6-10-12;1-2-3-1/h1-10H;. The predicted molar refractivity (Wildman–Crippen MR) is 67.0 cm³/mol. The quantitative estimate of drug-likeness (QED) is 0.529. The smallest absolute Gasteiger partial charge is 0.242 e. The molecule has 0 radical (unpaired) electrons. The van der Waals surface area contributed by atoms with Gasteiger partial charge in [0.15, 0.2) is 0 Å². The van der Waals surface area contributed by atoms with Gasteiger partial charge >= 0.3 is 11.9 Å². The maximum Gasteiger partial charge on any atom is 0.386 e. The molecule has 0 bridgehead atoms. The second kappa shape index (κ2) is 7.39. The third-order valence-corrected chi connectivity index (χ3v) is 2.28. The Hall–Kier alpha value is -3.22. The molecule has 0 aliphatic rings. The molecule has 0 unspecified atom stereocenters. The fourth-order valence-electron chi connectivity index (χ4n) is 1.32. The Labute approximate surface area is 118 Å². The summed E-state index contributed by atoms with van der Waals surface area (Å²) in [6, 6.07) is 16.6. The number of hydrogen-bond donors (Lipinski definition) is 0. The number of rotatable bonds is 2. The van der Waals surface area contributed by atoms with Crippen LogP contribution in [-0.4, -0.2) is 11.9 Å². The summed E-state index contributed by atoms with van der Waals surface area (Å²) in [5.41, 5.74) is 0.636. The Morgan fingerprint density at radius 1 is 0.619 bits per heavy atom. The van der Waals surface area contributed by atoms with E-state index in [9.17, 15) is 9.59 Å². The van der Waals surface area contributed by atoms with E-state index in [1.54, 1.807) is 60.7 Å². The molecule has 7 nitrogen and oxygen atoms in total. The summed E-state index contributed by atoms with van der Waals surface area (Å²) in [5, 5.41) is 0. The highest BCUT2D eigenvalue weighted by Crippen LogP contribution is 2.05. The molecule has 0 saturated carbocycles. The van der Waals surface area contributed by atoms with Gasteiger partial charge < -0.3 is 0 Å². The van der Waals surface area contributed by atoms with Crippen molar-refractivity contribution in [3.63, 3.8) is 0 Å². The first kappa shape index (κ1) is 14.2. The zero-order valence-corrected chi connectivity index (χ0v) is 10.6. The molecule has 0 fully saturated rings. The lowest BCUT2D eigenvalue weighted by atomic mass is 10.2. The van der Waals surface area contributed by atoms with E-state index in [2.05, 4.69) is 24.0 Å². The predicted octanol–water partition coefficient (Wildman–Crippen LogP) is 3.08. The minimum Gasteiger partial charge on any atom is -0.242 e. The van der Waals surface area contributed by atoms with Gasteiger partial charge in [0.1, 0.15) is 0 Å². The normalized spacial score (nSPS) is 9.33. The Morgan fingerprint density at radius 3 is 1.24 bits per heavy atom. The molecule has 0 saturated heterocycles. The first-order valence-corrected chi connectivity index (χ1v) is 5.80. The third-order valence-electron chi connectivity index (χ3n) is 2.28. The van der Waals surface area contributed by atoms with Crippen LogP contribution in [0.3, 0.4) is 0 Å². The van der Waals surface area contributed by atoms with Gasteiger partial charge in [-0.2, -0.15) is 0 Å². The monoisotopic (exact) mass is 290 g/mol. The summed E-state index contributed by atoms with van der Waals surface area (Å²) >= 11 is 0.